The van der Waals surface area contributed by atoms with Crippen LogP contribution in [0.25, 0.3) is 10.1 Å². The monoisotopic (exact) mass is 407 g/mol. The second-order valence-corrected chi connectivity index (χ2v) is 8.73. The maximum absolute atomic E-state index is 12.6. The molecule has 1 saturated heterocycles. The zero-order valence-corrected chi connectivity index (χ0v) is 18.1. The molecule has 5 heteroatoms. The maximum atomic E-state index is 12.6. The van der Waals surface area contributed by atoms with Gasteiger partial charge in [-0.05, 0) is 46.9 Å². The highest BCUT2D eigenvalue weighted by Gasteiger charge is 2.20. The quantitative estimate of drug-likeness (QED) is 0.652. The second-order valence-electron chi connectivity index (χ2n) is 7.82. The van der Waals surface area contributed by atoms with E-state index in [9.17, 15) is 4.79 Å². The van der Waals surface area contributed by atoms with Gasteiger partial charge >= 0.3 is 0 Å². The molecule has 4 nitrogen and oxygen atoms in total. The van der Waals surface area contributed by atoms with Gasteiger partial charge in [0, 0.05) is 43.1 Å². The number of para-hydroxylation sites is 1. The van der Waals surface area contributed by atoms with E-state index in [0.717, 1.165) is 50.4 Å². The van der Waals surface area contributed by atoms with Crippen molar-refractivity contribution in [2.45, 2.75) is 26.8 Å². The van der Waals surface area contributed by atoms with Crippen LogP contribution in [0.1, 0.15) is 23.6 Å². The van der Waals surface area contributed by atoms with Crippen LogP contribution in [0, 0.1) is 6.92 Å². The van der Waals surface area contributed by atoms with Gasteiger partial charge in [-0.25, -0.2) is 0 Å². The predicted octanol–water partition coefficient (Wildman–Crippen LogP) is 4.53. The Morgan fingerprint density at radius 3 is 2.55 bits per heavy atom. The second kappa shape index (κ2) is 9.08. The number of hydrogen-bond acceptors (Lipinski definition) is 4. The van der Waals surface area contributed by atoms with Crippen LogP contribution >= 0.6 is 11.3 Å². The number of anilines is 1. The Kier molecular flexibility index (Phi) is 6.28. The largest absolute Gasteiger partial charge is 0.324 e. The molecule has 1 fully saturated rings. The van der Waals surface area contributed by atoms with Crippen molar-refractivity contribution in [3.63, 3.8) is 0 Å². The molecule has 0 bridgehead atoms. The lowest BCUT2D eigenvalue weighted by Gasteiger charge is -2.34. The summed E-state index contributed by atoms with van der Waals surface area (Å²) in [6, 6.07) is 14.8. The van der Waals surface area contributed by atoms with Gasteiger partial charge in [-0.3, -0.25) is 14.6 Å². The molecule has 1 aliphatic rings. The standard InChI is InChI=1S/C24H29N3OS/c1-3-19-8-6-7-18(2)24(19)25-23(28)16-27-13-11-26(12-14-27)15-20-17-29-22-10-5-4-9-21(20)22/h4-10,17H,3,11-16H2,1-2H3,(H,25,28). The van der Waals surface area contributed by atoms with E-state index in [1.807, 2.05) is 11.3 Å². The SMILES string of the molecule is CCc1cccc(C)c1NC(=O)CN1CCN(Cc2csc3ccccc23)CC1. The van der Waals surface area contributed by atoms with Gasteiger partial charge in [-0.15, -0.1) is 11.3 Å². The summed E-state index contributed by atoms with van der Waals surface area (Å²) in [5.74, 6) is 0.0891. The van der Waals surface area contributed by atoms with E-state index in [2.05, 4.69) is 76.8 Å². The first kappa shape index (κ1) is 20.1. The van der Waals surface area contributed by atoms with E-state index in [0.29, 0.717) is 6.54 Å². The Balaban J connectivity index is 1.29. The summed E-state index contributed by atoms with van der Waals surface area (Å²) < 4.78 is 1.36. The lowest BCUT2D eigenvalue weighted by molar-refractivity contribution is -0.117. The van der Waals surface area contributed by atoms with E-state index in [1.54, 1.807) is 0 Å². The lowest BCUT2D eigenvalue weighted by atomic mass is 10.1. The van der Waals surface area contributed by atoms with Crippen LogP contribution in [0.4, 0.5) is 5.69 Å². The van der Waals surface area contributed by atoms with Crippen molar-refractivity contribution >= 4 is 33.0 Å². The third kappa shape index (κ3) is 4.69. The summed E-state index contributed by atoms with van der Waals surface area (Å²) in [6.07, 6.45) is 0.924. The van der Waals surface area contributed by atoms with Gasteiger partial charge in [-0.2, -0.15) is 0 Å². The summed E-state index contributed by atoms with van der Waals surface area (Å²) in [6.45, 7) is 9.51. The molecule has 4 rings (SSSR count). The molecular formula is C24H29N3OS. The number of piperazine rings is 1. The fourth-order valence-corrected chi connectivity index (χ4v) is 5.04. The Hall–Kier alpha value is -2.21. The molecule has 2 aromatic carbocycles. The molecular weight excluding hydrogens is 378 g/mol. The summed E-state index contributed by atoms with van der Waals surface area (Å²) in [7, 11) is 0. The van der Waals surface area contributed by atoms with Gasteiger partial charge in [0.2, 0.25) is 5.91 Å². The fraction of sp³-hybridized carbons (Fsp3) is 0.375. The van der Waals surface area contributed by atoms with Crippen LogP contribution in [0.5, 0.6) is 0 Å². The number of fused-ring (bicyclic) bond motifs is 1. The summed E-state index contributed by atoms with van der Waals surface area (Å²) in [5, 5.41) is 6.82. The molecule has 1 aromatic heterocycles. The normalized spacial score (nSPS) is 15.7. The molecule has 3 aromatic rings. The van der Waals surface area contributed by atoms with Crippen molar-refractivity contribution in [1.82, 2.24) is 9.80 Å². The summed E-state index contributed by atoms with van der Waals surface area (Å²) in [5.41, 5.74) is 4.74. The van der Waals surface area contributed by atoms with E-state index < -0.39 is 0 Å². The minimum Gasteiger partial charge on any atom is -0.324 e. The number of carbonyl (C=O) groups excluding carboxylic acids is 1. The number of nitrogens with zero attached hydrogens (tertiary/aromatic N) is 2. The van der Waals surface area contributed by atoms with Crippen LogP contribution in [-0.2, 0) is 17.8 Å². The van der Waals surface area contributed by atoms with Crippen molar-refractivity contribution in [3.8, 4) is 0 Å². The van der Waals surface area contributed by atoms with Crippen molar-refractivity contribution in [3.05, 3.63) is 64.5 Å². The molecule has 1 N–H and O–H groups in total. The zero-order valence-electron chi connectivity index (χ0n) is 17.3. The topological polar surface area (TPSA) is 35.6 Å². The van der Waals surface area contributed by atoms with Gasteiger partial charge in [0.05, 0.1) is 6.54 Å². The van der Waals surface area contributed by atoms with Gasteiger partial charge in [0.15, 0.2) is 0 Å². The molecule has 0 radical (unpaired) electrons. The predicted molar refractivity (Wildman–Crippen MR) is 123 cm³/mol. The first-order valence-corrected chi connectivity index (χ1v) is 11.3. The third-order valence-electron chi connectivity index (χ3n) is 5.79. The van der Waals surface area contributed by atoms with Crippen LogP contribution in [0.3, 0.4) is 0 Å². The average Bonchev–Trinajstić information content (AvgIpc) is 3.14. The Bertz CT molecular complexity index is 989. The number of amides is 1. The Morgan fingerprint density at radius 2 is 1.76 bits per heavy atom. The smallest absolute Gasteiger partial charge is 0.238 e. The van der Waals surface area contributed by atoms with Gasteiger partial charge in [-0.1, -0.05) is 43.3 Å². The molecule has 0 spiro atoms. The number of nitrogens with one attached hydrogen (secondary N) is 1. The molecule has 1 amide bonds. The minimum absolute atomic E-state index is 0.0891. The minimum atomic E-state index is 0.0891. The van der Waals surface area contributed by atoms with Crippen LogP contribution in [0.2, 0.25) is 0 Å². The molecule has 0 atom stereocenters. The maximum Gasteiger partial charge on any atom is 0.238 e. The molecule has 29 heavy (non-hydrogen) atoms. The van der Waals surface area contributed by atoms with Crippen LogP contribution in [-0.4, -0.2) is 48.4 Å². The molecule has 2 heterocycles. The highest BCUT2D eigenvalue weighted by Crippen LogP contribution is 2.27. The fourth-order valence-electron chi connectivity index (χ4n) is 4.09. The number of benzene rings is 2. The Morgan fingerprint density at radius 1 is 1.00 bits per heavy atom. The highest BCUT2D eigenvalue weighted by molar-refractivity contribution is 7.17. The molecule has 1 aliphatic heterocycles. The van der Waals surface area contributed by atoms with Gasteiger partial charge in [0.25, 0.3) is 0 Å². The molecule has 0 unspecified atom stereocenters. The van der Waals surface area contributed by atoms with Gasteiger partial charge in [0.1, 0.15) is 0 Å². The van der Waals surface area contributed by atoms with E-state index in [1.165, 1.54) is 21.2 Å². The van der Waals surface area contributed by atoms with E-state index in [4.69, 9.17) is 0 Å². The van der Waals surface area contributed by atoms with Crippen LogP contribution in [0.15, 0.2) is 47.8 Å². The number of hydrogen-bond donors (Lipinski definition) is 1. The van der Waals surface area contributed by atoms with Gasteiger partial charge < -0.3 is 5.32 Å². The van der Waals surface area contributed by atoms with Crippen molar-refractivity contribution in [2.24, 2.45) is 0 Å². The number of carbonyl (C=O) groups is 1. The zero-order chi connectivity index (χ0) is 20.2. The molecule has 0 saturated carbocycles. The number of rotatable bonds is 6. The third-order valence-corrected chi connectivity index (χ3v) is 6.80. The van der Waals surface area contributed by atoms with Crippen molar-refractivity contribution < 1.29 is 4.79 Å². The van der Waals surface area contributed by atoms with E-state index >= 15 is 0 Å². The first-order valence-electron chi connectivity index (χ1n) is 10.4. The van der Waals surface area contributed by atoms with E-state index in [-0.39, 0.29) is 5.91 Å². The van der Waals surface area contributed by atoms with Crippen LogP contribution < -0.4 is 5.32 Å². The number of thiophene rings is 1. The lowest BCUT2D eigenvalue weighted by Crippen LogP contribution is -2.48. The first-order chi connectivity index (χ1) is 14.1. The summed E-state index contributed by atoms with van der Waals surface area (Å²) in [4.78, 5) is 17.4. The summed E-state index contributed by atoms with van der Waals surface area (Å²) >= 11 is 1.83. The van der Waals surface area contributed by atoms with Crippen molar-refractivity contribution in [1.29, 1.82) is 0 Å². The van der Waals surface area contributed by atoms with Crippen molar-refractivity contribution in [2.75, 3.05) is 38.0 Å². The average molecular weight is 408 g/mol. The Labute approximate surface area is 177 Å². The molecule has 0 aliphatic carbocycles. The number of aryl methyl sites for hydroxylation is 2. The molecule has 152 valence electrons. The highest BCUT2D eigenvalue weighted by atomic mass is 32.1.